The minimum atomic E-state index is -0.00934. The van der Waals surface area contributed by atoms with Crippen LogP contribution in [0.4, 0.5) is 0 Å². The van der Waals surface area contributed by atoms with Crippen LogP contribution in [0.25, 0.3) is 0 Å². The van der Waals surface area contributed by atoms with E-state index in [4.69, 9.17) is 4.74 Å². The standard InChI is InChI=1S/C15H13O2/c1-12(16)14-9-5-6-10-15(14)17-11-13-7-3-2-4-8-13/h2-4,6-10H,11H2,1H3. The highest BCUT2D eigenvalue weighted by molar-refractivity contribution is 5.96. The molecule has 0 unspecified atom stereocenters. The molecular formula is C15H13O2. The van der Waals surface area contributed by atoms with Crippen LogP contribution >= 0.6 is 0 Å². The Kier molecular flexibility index (Phi) is 3.55. The molecule has 1 radical (unpaired) electrons. The Morgan fingerprint density at radius 3 is 2.71 bits per heavy atom. The highest BCUT2D eigenvalue weighted by atomic mass is 16.5. The third-order valence-electron chi connectivity index (χ3n) is 2.44. The van der Waals surface area contributed by atoms with E-state index < -0.39 is 0 Å². The van der Waals surface area contributed by atoms with Gasteiger partial charge in [0.2, 0.25) is 0 Å². The third kappa shape index (κ3) is 2.94. The Morgan fingerprint density at radius 1 is 1.24 bits per heavy atom. The van der Waals surface area contributed by atoms with Gasteiger partial charge >= 0.3 is 0 Å². The van der Waals surface area contributed by atoms with E-state index in [0.717, 1.165) is 5.56 Å². The summed E-state index contributed by atoms with van der Waals surface area (Å²) in [5, 5.41) is 0. The van der Waals surface area contributed by atoms with Gasteiger partial charge < -0.3 is 4.74 Å². The quantitative estimate of drug-likeness (QED) is 0.746. The molecule has 0 aliphatic rings. The summed E-state index contributed by atoms with van der Waals surface area (Å²) in [6.45, 7) is 1.99. The van der Waals surface area contributed by atoms with Crippen molar-refractivity contribution < 1.29 is 9.53 Å². The molecule has 0 heterocycles. The zero-order valence-electron chi connectivity index (χ0n) is 9.64. The van der Waals surface area contributed by atoms with E-state index in [9.17, 15) is 4.79 Å². The molecule has 2 heteroatoms. The summed E-state index contributed by atoms with van der Waals surface area (Å²) in [5.41, 5.74) is 1.65. The predicted octanol–water partition coefficient (Wildman–Crippen LogP) is 3.27. The van der Waals surface area contributed by atoms with Crippen molar-refractivity contribution in [1.29, 1.82) is 0 Å². The summed E-state index contributed by atoms with van der Waals surface area (Å²) in [6, 6.07) is 17.9. The second-order valence-corrected chi connectivity index (χ2v) is 3.75. The molecule has 0 spiro atoms. The molecule has 0 saturated carbocycles. The first kappa shape index (κ1) is 11.4. The van der Waals surface area contributed by atoms with Crippen LogP contribution in [0.3, 0.4) is 0 Å². The number of carbonyl (C=O) groups is 1. The van der Waals surface area contributed by atoms with Crippen LogP contribution in [-0.2, 0) is 6.61 Å². The topological polar surface area (TPSA) is 26.3 Å². The Balaban J connectivity index is 2.12. The molecule has 0 aliphatic heterocycles. The molecule has 0 aromatic heterocycles. The van der Waals surface area contributed by atoms with Gasteiger partial charge in [-0.1, -0.05) is 36.4 Å². The fourth-order valence-corrected chi connectivity index (χ4v) is 1.55. The molecule has 0 fully saturated rings. The van der Waals surface area contributed by atoms with E-state index >= 15 is 0 Å². The van der Waals surface area contributed by atoms with Crippen molar-refractivity contribution in [3.63, 3.8) is 0 Å². The number of hydrogen-bond donors (Lipinski definition) is 0. The maximum Gasteiger partial charge on any atom is 0.163 e. The van der Waals surface area contributed by atoms with Crippen molar-refractivity contribution in [3.05, 3.63) is 65.7 Å². The first-order valence-corrected chi connectivity index (χ1v) is 5.45. The molecule has 17 heavy (non-hydrogen) atoms. The molecule has 2 aromatic carbocycles. The average molecular weight is 225 g/mol. The van der Waals surface area contributed by atoms with Crippen LogP contribution in [-0.4, -0.2) is 5.78 Å². The predicted molar refractivity (Wildman–Crippen MR) is 66.1 cm³/mol. The van der Waals surface area contributed by atoms with Gasteiger partial charge in [0, 0.05) is 0 Å². The van der Waals surface area contributed by atoms with Gasteiger partial charge in [0.15, 0.2) is 5.78 Å². The Hall–Kier alpha value is -2.09. The van der Waals surface area contributed by atoms with Crippen molar-refractivity contribution in [1.82, 2.24) is 0 Å². The fraction of sp³-hybridized carbons (Fsp3) is 0.133. The zero-order valence-corrected chi connectivity index (χ0v) is 9.64. The van der Waals surface area contributed by atoms with E-state index in [1.807, 2.05) is 30.3 Å². The van der Waals surface area contributed by atoms with E-state index in [0.29, 0.717) is 17.9 Å². The molecule has 2 nitrogen and oxygen atoms in total. The fourth-order valence-electron chi connectivity index (χ4n) is 1.55. The molecule has 2 rings (SSSR count). The van der Waals surface area contributed by atoms with E-state index in [1.54, 1.807) is 18.2 Å². The summed E-state index contributed by atoms with van der Waals surface area (Å²) in [7, 11) is 0. The van der Waals surface area contributed by atoms with Gasteiger partial charge in [-0.3, -0.25) is 4.79 Å². The minimum absolute atomic E-state index is 0.00934. The summed E-state index contributed by atoms with van der Waals surface area (Å²) < 4.78 is 5.64. The summed E-state index contributed by atoms with van der Waals surface area (Å²) in [5.74, 6) is 0.602. The molecule has 0 atom stereocenters. The Labute approximate surface area is 101 Å². The zero-order chi connectivity index (χ0) is 12.1. The van der Waals surface area contributed by atoms with Gasteiger partial charge in [0.25, 0.3) is 0 Å². The second kappa shape index (κ2) is 5.30. The van der Waals surface area contributed by atoms with Crippen LogP contribution in [0, 0.1) is 6.07 Å². The summed E-state index contributed by atoms with van der Waals surface area (Å²) in [6.07, 6.45) is 0. The van der Waals surface area contributed by atoms with Gasteiger partial charge in [-0.15, -0.1) is 0 Å². The van der Waals surface area contributed by atoms with Crippen molar-refractivity contribution >= 4 is 5.78 Å². The van der Waals surface area contributed by atoms with Crippen molar-refractivity contribution in [2.24, 2.45) is 0 Å². The number of ether oxygens (including phenoxy) is 1. The van der Waals surface area contributed by atoms with Gasteiger partial charge in [-0.25, -0.2) is 0 Å². The van der Waals surface area contributed by atoms with Gasteiger partial charge in [-0.05, 0) is 30.7 Å². The first-order valence-electron chi connectivity index (χ1n) is 5.45. The number of carbonyl (C=O) groups excluding carboxylic acids is 1. The molecule has 0 saturated heterocycles. The van der Waals surface area contributed by atoms with Gasteiger partial charge in [0.05, 0.1) is 5.56 Å². The smallest absolute Gasteiger partial charge is 0.163 e. The third-order valence-corrected chi connectivity index (χ3v) is 2.44. The lowest BCUT2D eigenvalue weighted by Crippen LogP contribution is -2.01. The first-order chi connectivity index (χ1) is 8.27. The van der Waals surface area contributed by atoms with Crippen LogP contribution in [0.15, 0.2) is 48.5 Å². The largest absolute Gasteiger partial charge is 0.488 e. The molecule has 0 amide bonds. The highest BCUT2D eigenvalue weighted by Crippen LogP contribution is 2.19. The molecule has 2 aromatic rings. The van der Waals surface area contributed by atoms with E-state index in [2.05, 4.69) is 6.07 Å². The highest BCUT2D eigenvalue weighted by Gasteiger charge is 2.07. The minimum Gasteiger partial charge on any atom is -0.488 e. The molecular weight excluding hydrogens is 212 g/mol. The monoisotopic (exact) mass is 225 g/mol. The Bertz CT molecular complexity index is 503. The van der Waals surface area contributed by atoms with Crippen LogP contribution in [0.2, 0.25) is 0 Å². The van der Waals surface area contributed by atoms with Crippen molar-refractivity contribution in [2.45, 2.75) is 13.5 Å². The molecule has 85 valence electrons. The van der Waals surface area contributed by atoms with Crippen molar-refractivity contribution in [2.75, 3.05) is 0 Å². The number of ketones is 1. The molecule has 0 bridgehead atoms. The number of rotatable bonds is 4. The second-order valence-electron chi connectivity index (χ2n) is 3.75. The maximum absolute atomic E-state index is 11.4. The summed E-state index contributed by atoms with van der Waals surface area (Å²) >= 11 is 0. The molecule has 0 N–H and O–H groups in total. The van der Waals surface area contributed by atoms with Crippen LogP contribution < -0.4 is 4.74 Å². The maximum atomic E-state index is 11.4. The average Bonchev–Trinajstić information content (AvgIpc) is 2.38. The van der Waals surface area contributed by atoms with Gasteiger partial charge in [-0.2, -0.15) is 0 Å². The number of Topliss-reactive ketones (excluding diaryl/α,β-unsaturated/α-hetero) is 1. The normalized spacial score (nSPS) is 9.94. The SMILES string of the molecule is CC(=O)c1c[c]ccc1OCc1ccccc1. The lowest BCUT2D eigenvalue weighted by atomic mass is 10.1. The molecule has 0 aliphatic carbocycles. The van der Waals surface area contributed by atoms with Crippen LogP contribution in [0.1, 0.15) is 22.8 Å². The van der Waals surface area contributed by atoms with E-state index in [-0.39, 0.29) is 5.78 Å². The Morgan fingerprint density at radius 2 is 2.00 bits per heavy atom. The van der Waals surface area contributed by atoms with Gasteiger partial charge in [0.1, 0.15) is 12.4 Å². The summed E-state index contributed by atoms with van der Waals surface area (Å²) in [4.78, 5) is 11.4. The van der Waals surface area contributed by atoms with Crippen LogP contribution in [0.5, 0.6) is 5.75 Å². The number of benzene rings is 2. The number of hydrogen-bond acceptors (Lipinski definition) is 2. The lowest BCUT2D eigenvalue weighted by molar-refractivity contribution is 0.101. The van der Waals surface area contributed by atoms with E-state index in [1.165, 1.54) is 6.92 Å². The van der Waals surface area contributed by atoms with Crippen molar-refractivity contribution in [3.8, 4) is 5.75 Å². The lowest BCUT2D eigenvalue weighted by Gasteiger charge is -2.09.